The van der Waals surface area contributed by atoms with Gasteiger partial charge in [0.1, 0.15) is 5.76 Å². The van der Waals surface area contributed by atoms with Crippen molar-refractivity contribution in [2.24, 2.45) is 0 Å². The van der Waals surface area contributed by atoms with Crippen LogP contribution in [0, 0.1) is 13.8 Å². The molecule has 0 unspecified atom stereocenters. The number of rotatable bonds is 3. The number of anilines is 1. The second-order valence-corrected chi connectivity index (χ2v) is 4.99. The lowest BCUT2D eigenvalue weighted by molar-refractivity contribution is -0.138. The lowest BCUT2D eigenvalue weighted by Crippen LogP contribution is -2.08. The molecule has 0 aromatic carbocycles. The fourth-order valence-corrected chi connectivity index (χ4v) is 2.46. The van der Waals surface area contributed by atoms with Gasteiger partial charge in [-0.2, -0.15) is 13.2 Å². The molecule has 5 nitrogen and oxygen atoms in total. The van der Waals surface area contributed by atoms with Crippen LogP contribution in [-0.4, -0.2) is 15.4 Å². The fourth-order valence-electron chi connectivity index (χ4n) is 1.76. The highest BCUT2D eigenvalue weighted by molar-refractivity contribution is 7.15. The van der Waals surface area contributed by atoms with Gasteiger partial charge in [0.25, 0.3) is 0 Å². The zero-order valence-electron chi connectivity index (χ0n) is 10.4. The van der Waals surface area contributed by atoms with Gasteiger partial charge < -0.3 is 9.84 Å². The minimum Gasteiger partial charge on any atom is -0.361 e. The van der Waals surface area contributed by atoms with E-state index in [1.165, 1.54) is 0 Å². The van der Waals surface area contributed by atoms with E-state index >= 15 is 0 Å². The van der Waals surface area contributed by atoms with Crippen LogP contribution in [0.4, 0.5) is 18.3 Å². The summed E-state index contributed by atoms with van der Waals surface area (Å²) < 4.78 is 42.2. The second kappa shape index (κ2) is 4.80. The van der Waals surface area contributed by atoms with Crippen molar-refractivity contribution in [1.29, 1.82) is 0 Å². The van der Waals surface area contributed by atoms with Crippen molar-refractivity contribution in [2.45, 2.75) is 33.0 Å². The molecule has 2 aromatic heterocycles. The average Bonchev–Trinajstić information content (AvgIpc) is 2.85. The molecule has 104 valence electrons. The van der Waals surface area contributed by atoms with E-state index in [9.17, 15) is 13.2 Å². The number of halogens is 3. The average molecular weight is 292 g/mol. The highest BCUT2D eigenvalue weighted by Gasteiger charge is 2.35. The van der Waals surface area contributed by atoms with Crippen molar-refractivity contribution in [3.63, 3.8) is 0 Å². The maximum atomic E-state index is 12.4. The Morgan fingerprint density at radius 2 is 1.95 bits per heavy atom. The standard InChI is InChI=1S/C10H11F3N4OS/c1-4(7-5(2)17-18-6(7)3)14-9-16-15-8(19-9)10(11,12)13/h4H,1-3H3,(H,14,16)/t4-/m0/s1. The van der Waals surface area contributed by atoms with E-state index in [1.807, 2.05) is 0 Å². The van der Waals surface area contributed by atoms with E-state index in [4.69, 9.17) is 4.52 Å². The Labute approximate surface area is 110 Å². The number of hydrogen-bond donors (Lipinski definition) is 1. The van der Waals surface area contributed by atoms with Crippen LogP contribution in [0.15, 0.2) is 4.52 Å². The number of nitrogens with zero attached hydrogens (tertiary/aromatic N) is 3. The van der Waals surface area contributed by atoms with Gasteiger partial charge in [-0.25, -0.2) is 0 Å². The lowest BCUT2D eigenvalue weighted by atomic mass is 10.1. The topological polar surface area (TPSA) is 63.8 Å². The summed E-state index contributed by atoms with van der Waals surface area (Å²) in [4.78, 5) is 0. The first-order chi connectivity index (χ1) is 8.79. The van der Waals surface area contributed by atoms with Crippen LogP contribution in [0.5, 0.6) is 0 Å². The molecule has 2 aromatic rings. The first-order valence-electron chi connectivity index (χ1n) is 5.39. The minimum atomic E-state index is -4.47. The maximum absolute atomic E-state index is 12.4. The van der Waals surface area contributed by atoms with Crippen molar-refractivity contribution in [3.8, 4) is 0 Å². The van der Waals surface area contributed by atoms with Crippen molar-refractivity contribution < 1.29 is 17.7 Å². The first kappa shape index (κ1) is 13.8. The Morgan fingerprint density at radius 3 is 2.42 bits per heavy atom. The predicted molar refractivity (Wildman–Crippen MR) is 62.9 cm³/mol. The summed E-state index contributed by atoms with van der Waals surface area (Å²) >= 11 is 0.468. The van der Waals surface area contributed by atoms with Gasteiger partial charge in [-0.15, -0.1) is 10.2 Å². The summed E-state index contributed by atoms with van der Waals surface area (Å²) in [6.45, 7) is 5.31. The van der Waals surface area contributed by atoms with E-state index in [0.29, 0.717) is 22.8 Å². The van der Waals surface area contributed by atoms with Gasteiger partial charge in [-0.1, -0.05) is 16.5 Å². The molecule has 0 aliphatic carbocycles. The van der Waals surface area contributed by atoms with Gasteiger partial charge in [-0.05, 0) is 20.8 Å². The van der Waals surface area contributed by atoms with Crippen molar-refractivity contribution in [3.05, 3.63) is 22.0 Å². The Balaban J connectivity index is 2.16. The maximum Gasteiger partial charge on any atom is 0.445 e. The molecular weight excluding hydrogens is 281 g/mol. The molecule has 2 rings (SSSR count). The Morgan fingerprint density at radius 1 is 1.26 bits per heavy atom. The van der Waals surface area contributed by atoms with Crippen LogP contribution in [0.25, 0.3) is 0 Å². The molecule has 0 aliphatic rings. The number of aryl methyl sites for hydroxylation is 2. The summed E-state index contributed by atoms with van der Waals surface area (Å²) in [6.07, 6.45) is -4.47. The van der Waals surface area contributed by atoms with Crippen LogP contribution >= 0.6 is 11.3 Å². The van der Waals surface area contributed by atoms with E-state index in [1.54, 1.807) is 20.8 Å². The van der Waals surface area contributed by atoms with Crippen molar-refractivity contribution in [1.82, 2.24) is 15.4 Å². The van der Waals surface area contributed by atoms with Gasteiger partial charge in [0.2, 0.25) is 10.1 Å². The SMILES string of the molecule is Cc1noc(C)c1[C@H](C)Nc1nnc(C(F)(F)F)s1. The molecule has 0 spiro atoms. The molecule has 0 bridgehead atoms. The molecule has 0 aliphatic heterocycles. The zero-order valence-corrected chi connectivity index (χ0v) is 11.2. The summed E-state index contributed by atoms with van der Waals surface area (Å²) in [5.41, 5.74) is 1.50. The quantitative estimate of drug-likeness (QED) is 0.940. The van der Waals surface area contributed by atoms with E-state index in [-0.39, 0.29) is 11.2 Å². The third kappa shape index (κ3) is 2.86. The van der Waals surface area contributed by atoms with E-state index in [2.05, 4.69) is 20.7 Å². The van der Waals surface area contributed by atoms with Crippen LogP contribution in [0.2, 0.25) is 0 Å². The molecule has 1 N–H and O–H groups in total. The molecule has 0 saturated carbocycles. The number of nitrogens with one attached hydrogen (secondary N) is 1. The lowest BCUT2D eigenvalue weighted by Gasteiger charge is -2.11. The molecule has 0 amide bonds. The highest BCUT2D eigenvalue weighted by Crippen LogP contribution is 2.34. The molecule has 9 heteroatoms. The number of hydrogen-bond acceptors (Lipinski definition) is 6. The van der Waals surface area contributed by atoms with Crippen LogP contribution in [0.3, 0.4) is 0 Å². The van der Waals surface area contributed by atoms with Crippen molar-refractivity contribution >= 4 is 16.5 Å². The summed E-state index contributed by atoms with van der Waals surface area (Å²) in [5, 5.41) is 12.4. The first-order valence-corrected chi connectivity index (χ1v) is 6.20. The zero-order chi connectivity index (χ0) is 14.2. The smallest absolute Gasteiger partial charge is 0.361 e. The molecule has 0 saturated heterocycles. The van der Waals surface area contributed by atoms with Gasteiger partial charge >= 0.3 is 6.18 Å². The van der Waals surface area contributed by atoms with Crippen LogP contribution in [-0.2, 0) is 6.18 Å². The van der Waals surface area contributed by atoms with Crippen LogP contribution in [0.1, 0.15) is 35.0 Å². The molecule has 1 atom stereocenters. The summed E-state index contributed by atoms with van der Waals surface area (Å²) in [5.74, 6) is 0.623. The van der Waals surface area contributed by atoms with Crippen LogP contribution < -0.4 is 5.32 Å². The van der Waals surface area contributed by atoms with Gasteiger partial charge in [0.05, 0.1) is 11.7 Å². The Bertz CT molecular complexity index is 558. The summed E-state index contributed by atoms with van der Waals surface area (Å²) in [7, 11) is 0. The molecule has 2 heterocycles. The third-order valence-electron chi connectivity index (χ3n) is 2.53. The second-order valence-electron chi connectivity index (χ2n) is 4.01. The van der Waals surface area contributed by atoms with Gasteiger partial charge in [0, 0.05) is 5.56 Å². The molecular formula is C10H11F3N4OS. The Kier molecular flexibility index (Phi) is 3.48. The molecule has 19 heavy (non-hydrogen) atoms. The van der Waals surface area contributed by atoms with E-state index in [0.717, 1.165) is 5.56 Å². The normalized spacial score (nSPS) is 13.6. The number of aromatic nitrogens is 3. The van der Waals surface area contributed by atoms with Gasteiger partial charge in [0.15, 0.2) is 0 Å². The third-order valence-corrected chi connectivity index (χ3v) is 3.43. The predicted octanol–water partition coefficient (Wildman–Crippen LogP) is 3.33. The largest absolute Gasteiger partial charge is 0.445 e. The summed E-state index contributed by atoms with van der Waals surface area (Å²) in [6, 6.07) is -0.264. The molecule has 0 radical (unpaired) electrons. The van der Waals surface area contributed by atoms with Crippen molar-refractivity contribution in [2.75, 3.05) is 5.32 Å². The number of alkyl halides is 3. The monoisotopic (exact) mass is 292 g/mol. The van der Waals surface area contributed by atoms with Gasteiger partial charge in [-0.3, -0.25) is 0 Å². The van der Waals surface area contributed by atoms with E-state index < -0.39 is 11.2 Å². The Hall–Kier alpha value is -1.64. The molecule has 0 fully saturated rings. The fraction of sp³-hybridized carbons (Fsp3) is 0.500. The minimum absolute atomic E-state index is 0.111. The highest BCUT2D eigenvalue weighted by atomic mass is 32.1.